The smallest absolute Gasteiger partial charge is 0.252 e. The van der Waals surface area contributed by atoms with Crippen LogP contribution in [0.15, 0.2) is 39.9 Å². The van der Waals surface area contributed by atoms with Crippen LogP contribution in [-0.4, -0.2) is 50.6 Å². The summed E-state index contributed by atoms with van der Waals surface area (Å²) in [7, 11) is -3.44. The van der Waals surface area contributed by atoms with Gasteiger partial charge in [-0.1, -0.05) is 12.1 Å². The van der Waals surface area contributed by atoms with Gasteiger partial charge in [-0.25, -0.2) is 8.42 Å². The summed E-state index contributed by atoms with van der Waals surface area (Å²) in [5, 5.41) is 11.4. The summed E-state index contributed by atoms with van der Waals surface area (Å²) >= 11 is 1.22. The average molecular weight is 391 g/mol. The molecule has 3 heterocycles. The van der Waals surface area contributed by atoms with Gasteiger partial charge in [0.1, 0.15) is 10.3 Å². The third-order valence-corrected chi connectivity index (χ3v) is 7.83. The molecule has 0 radical (unpaired) electrons. The molecule has 1 fully saturated rings. The van der Waals surface area contributed by atoms with Crippen LogP contribution >= 0.6 is 11.3 Å². The van der Waals surface area contributed by atoms with Gasteiger partial charge in [0.25, 0.3) is 10.0 Å². The van der Waals surface area contributed by atoms with E-state index in [2.05, 4.69) is 6.07 Å². The molecule has 0 aliphatic carbocycles. The highest BCUT2D eigenvalue weighted by Crippen LogP contribution is 2.35. The SMILES string of the molecule is N#CC(c1ccc2c(c1)OCO2)N1CCN(S(=O)(=O)c2cccs2)CC1. The van der Waals surface area contributed by atoms with E-state index in [1.807, 2.05) is 17.0 Å². The van der Waals surface area contributed by atoms with Gasteiger partial charge in [0, 0.05) is 26.2 Å². The van der Waals surface area contributed by atoms with E-state index in [0.717, 1.165) is 5.56 Å². The van der Waals surface area contributed by atoms with Gasteiger partial charge in [-0.2, -0.15) is 9.57 Å². The number of rotatable bonds is 4. The molecule has 0 amide bonds. The maximum Gasteiger partial charge on any atom is 0.252 e. The molecule has 2 aliphatic heterocycles. The monoisotopic (exact) mass is 391 g/mol. The molecule has 0 N–H and O–H groups in total. The Morgan fingerprint density at radius 3 is 2.58 bits per heavy atom. The predicted octanol–water partition coefficient (Wildman–Crippen LogP) is 2.05. The number of thiophene rings is 1. The van der Waals surface area contributed by atoms with Crippen molar-refractivity contribution >= 4 is 21.4 Å². The average Bonchev–Trinajstić information content (AvgIpc) is 3.34. The van der Waals surface area contributed by atoms with Crippen molar-refractivity contribution in [3.63, 3.8) is 0 Å². The van der Waals surface area contributed by atoms with E-state index in [1.165, 1.54) is 15.6 Å². The second-order valence-corrected chi connectivity index (χ2v) is 9.13. The van der Waals surface area contributed by atoms with Gasteiger partial charge in [-0.15, -0.1) is 11.3 Å². The molecule has 1 aromatic carbocycles. The molecule has 1 unspecified atom stereocenters. The molecule has 9 heteroatoms. The fourth-order valence-electron chi connectivity index (χ4n) is 3.19. The molecule has 7 nitrogen and oxygen atoms in total. The van der Waals surface area contributed by atoms with Gasteiger partial charge >= 0.3 is 0 Å². The first-order chi connectivity index (χ1) is 12.6. The van der Waals surface area contributed by atoms with E-state index < -0.39 is 16.1 Å². The molecule has 26 heavy (non-hydrogen) atoms. The van der Waals surface area contributed by atoms with Crippen molar-refractivity contribution in [2.75, 3.05) is 33.0 Å². The van der Waals surface area contributed by atoms with Gasteiger partial charge in [0.05, 0.1) is 6.07 Å². The Bertz CT molecular complexity index is 929. The van der Waals surface area contributed by atoms with Crippen LogP contribution in [0.3, 0.4) is 0 Å². The third kappa shape index (κ3) is 3.05. The number of nitriles is 1. The van der Waals surface area contributed by atoms with E-state index in [1.54, 1.807) is 23.6 Å². The topological polar surface area (TPSA) is 82.9 Å². The predicted molar refractivity (Wildman–Crippen MR) is 95.6 cm³/mol. The van der Waals surface area contributed by atoms with E-state index in [0.29, 0.717) is 41.9 Å². The lowest BCUT2D eigenvalue weighted by Crippen LogP contribution is -2.49. The number of piperazine rings is 1. The van der Waals surface area contributed by atoms with Crippen molar-refractivity contribution in [3.8, 4) is 17.6 Å². The highest BCUT2D eigenvalue weighted by Gasteiger charge is 2.32. The largest absolute Gasteiger partial charge is 0.454 e. The van der Waals surface area contributed by atoms with Crippen molar-refractivity contribution in [3.05, 3.63) is 41.3 Å². The van der Waals surface area contributed by atoms with Crippen LogP contribution in [0.25, 0.3) is 0 Å². The fraction of sp³-hybridized carbons (Fsp3) is 0.353. The molecule has 1 atom stereocenters. The van der Waals surface area contributed by atoms with Gasteiger partial charge in [0.15, 0.2) is 11.5 Å². The Labute approximate surface area is 156 Å². The normalized spacial score (nSPS) is 19.2. The Morgan fingerprint density at radius 2 is 1.88 bits per heavy atom. The minimum atomic E-state index is -3.44. The molecule has 0 spiro atoms. The number of fused-ring (bicyclic) bond motifs is 1. The standard InChI is InChI=1S/C17H17N3O4S2/c18-11-14(13-3-4-15-16(10-13)24-12-23-15)19-5-7-20(8-6-19)26(21,22)17-2-1-9-25-17/h1-4,9-10,14H,5-8,12H2. The second-order valence-electron chi connectivity index (χ2n) is 6.02. The number of hydrogen-bond donors (Lipinski definition) is 0. The Morgan fingerprint density at radius 1 is 1.12 bits per heavy atom. The summed E-state index contributed by atoms with van der Waals surface area (Å²) in [6.45, 7) is 1.91. The maximum atomic E-state index is 12.6. The molecule has 2 aliphatic rings. The van der Waals surface area contributed by atoms with Crippen molar-refractivity contribution < 1.29 is 17.9 Å². The minimum Gasteiger partial charge on any atom is -0.454 e. The molecule has 0 saturated carbocycles. The van der Waals surface area contributed by atoms with Crippen LogP contribution in [0.1, 0.15) is 11.6 Å². The quantitative estimate of drug-likeness (QED) is 0.793. The van der Waals surface area contributed by atoms with E-state index in [-0.39, 0.29) is 6.79 Å². The van der Waals surface area contributed by atoms with Crippen LogP contribution in [0.5, 0.6) is 11.5 Å². The first-order valence-electron chi connectivity index (χ1n) is 8.16. The summed E-state index contributed by atoms with van der Waals surface area (Å²) in [5.41, 5.74) is 0.825. The summed E-state index contributed by atoms with van der Waals surface area (Å²) in [4.78, 5) is 2.00. The summed E-state index contributed by atoms with van der Waals surface area (Å²) in [6.07, 6.45) is 0. The second kappa shape index (κ2) is 6.89. The van der Waals surface area contributed by atoms with Crippen LogP contribution in [0, 0.1) is 11.3 Å². The molecular formula is C17H17N3O4S2. The third-order valence-electron chi connectivity index (χ3n) is 4.56. The zero-order valence-corrected chi connectivity index (χ0v) is 15.5. The van der Waals surface area contributed by atoms with Gasteiger partial charge in [-0.05, 0) is 29.1 Å². The fourth-order valence-corrected chi connectivity index (χ4v) is 5.76. The number of ether oxygens (including phenoxy) is 2. The lowest BCUT2D eigenvalue weighted by atomic mass is 10.1. The molecule has 4 rings (SSSR count). The van der Waals surface area contributed by atoms with Gasteiger partial charge in [-0.3, -0.25) is 4.90 Å². The minimum absolute atomic E-state index is 0.190. The highest BCUT2D eigenvalue weighted by molar-refractivity contribution is 7.91. The zero-order chi connectivity index (χ0) is 18.1. The molecule has 2 aromatic rings. The number of sulfonamides is 1. The summed E-state index contributed by atoms with van der Waals surface area (Å²) in [5.74, 6) is 1.32. The number of hydrogen-bond acceptors (Lipinski definition) is 7. The molecule has 0 bridgehead atoms. The van der Waals surface area contributed by atoms with Crippen molar-refractivity contribution in [1.82, 2.24) is 9.21 Å². The lowest BCUT2D eigenvalue weighted by molar-refractivity contribution is 0.162. The number of benzene rings is 1. The molecule has 1 saturated heterocycles. The number of nitrogens with zero attached hydrogens (tertiary/aromatic N) is 3. The first kappa shape index (κ1) is 17.3. The lowest BCUT2D eigenvalue weighted by Gasteiger charge is -2.36. The molecule has 136 valence electrons. The van der Waals surface area contributed by atoms with E-state index >= 15 is 0 Å². The van der Waals surface area contributed by atoms with Crippen molar-refractivity contribution in [2.24, 2.45) is 0 Å². The summed E-state index contributed by atoms with van der Waals surface area (Å²) in [6, 6.07) is 10.7. The van der Waals surface area contributed by atoms with Gasteiger partial charge in [0.2, 0.25) is 6.79 Å². The maximum absolute atomic E-state index is 12.6. The Balaban J connectivity index is 1.48. The molecular weight excluding hydrogens is 374 g/mol. The Hall–Kier alpha value is -2.12. The van der Waals surface area contributed by atoms with E-state index in [4.69, 9.17) is 9.47 Å². The Kier molecular flexibility index (Phi) is 4.58. The van der Waals surface area contributed by atoms with Crippen LogP contribution in [0.4, 0.5) is 0 Å². The van der Waals surface area contributed by atoms with Crippen LogP contribution < -0.4 is 9.47 Å². The van der Waals surface area contributed by atoms with Crippen LogP contribution in [-0.2, 0) is 10.0 Å². The van der Waals surface area contributed by atoms with Crippen molar-refractivity contribution in [1.29, 1.82) is 5.26 Å². The first-order valence-corrected chi connectivity index (χ1v) is 10.5. The van der Waals surface area contributed by atoms with Gasteiger partial charge < -0.3 is 9.47 Å². The molecule has 1 aromatic heterocycles. The highest BCUT2D eigenvalue weighted by atomic mass is 32.2. The van der Waals surface area contributed by atoms with Crippen LogP contribution in [0.2, 0.25) is 0 Å². The zero-order valence-electron chi connectivity index (χ0n) is 13.9. The van der Waals surface area contributed by atoms with Crippen molar-refractivity contribution in [2.45, 2.75) is 10.3 Å². The van der Waals surface area contributed by atoms with E-state index in [9.17, 15) is 13.7 Å². The summed E-state index contributed by atoms with van der Waals surface area (Å²) < 4.78 is 37.8.